The van der Waals surface area contributed by atoms with Gasteiger partial charge in [-0.15, -0.1) is 0 Å². The molecular weight excluding hydrogens is 338 g/mol. The molecular formula is C23H19NO3. The second-order valence-corrected chi connectivity index (χ2v) is 6.35. The molecule has 2 N–H and O–H groups in total. The number of rotatable bonds is 5. The Hall–Kier alpha value is -3.37. The van der Waals surface area contributed by atoms with E-state index in [1.165, 1.54) is 0 Å². The number of aliphatic hydroxyl groups is 1. The quantitative estimate of drug-likeness (QED) is 0.550. The van der Waals surface area contributed by atoms with Gasteiger partial charge < -0.3 is 14.8 Å². The van der Waals surface area contributed by atoms with Crippen molar-refractivity contribution >= 4 is 16.7 Å². The van der Waals surface area contributed by atoms with Crippen molar-refractivity contribution in [1.82, 2.24) is 5.32 Å². The van der Waals surface area contributed by atoms with Crippen molar-refractivity contribution in [3.63, 3.8) is 0 Å². The van der Waals surface area contributed by atoms with E-state index in [4.69, 9.17) is 4.42 Å². The van der Waals surface area contributed by atoms with Gasteiger partial charge in [-0.1, -0.05) is 60.7 Å². The van der Waals surface area contributed by atoms with Crippen molar-refractivity contribution in [3.8, 4) is 11.3 Å². The summed E-state index contributed by atoms with van der Waals surface area (Å²) in [6, 6.07) is 24.6. The predicted octanol–water partition coefficient (Wildman–Crippen LogP) is 4.56. The third-order valence-electron chi connectivity index (χ3n) is 4.59. The van der Waals surface area contributed by atoms with Crippen LogP contribution in [0.4, 0.5) is 0 Å². The lowest BCUT2D eigenvalue weighted by Crippen LogP contribution is -2.28. The first-order valence-electron chi connectivity index (χ1n) is 8.80. The van der Waals surface area contributed by atoms with Crippen molar-refractivity contribution in [2.24, 2.45) is 0 Å². The molecule has 1 atom stereocenters. The van der Waals surface area contributed by atoms with E-state index in [0.29, 0.717) is 5.56 Å². The second-order valence-electron chi connectivity index (χ2n) is 6.35. The van der Waals surface area contributed by atoms with Crippen LogP contribution >= 0.6 is 0 Å². The molecule has 1 aromatic heterocycles. The van der Waals surface area contributed by atoms with Gasteiger partial charge in [0.05, 0.1) is 12.4 Å². The number of aliphatic hydroxyl groups excluding tert-OH is 1. The predicted molar refractivity (Wildman–Crippen MR) is 105 cm³/mol. The number of fused-ring (bicyclic) bond motifs is 1. The Labute approximate surface area is 157 Å². The number of carbonyl (C=O) groups is 1. The fourth-order valence-corrected chi connectivity index (χ4v) is 3.14. The minimum absolute atomic E-state index is 0.141. The minimum atomic E-state index is -0.783. The fourth-order valence-electron chi connectivity index (χ4n) is 3.14. The lowest BCUT2D eigenvalue weighted by atomic mass is 10.0. The third kappa shape index (κ3) is 3.61. The molecule has 134 valence electrons. The molecule has 1 heterocycles. The largest absolute Gasteiger partial charge is 0.464 e. The second kappa shape index (κ2) is 7.48. The normalized spacial score (nSPS) is 12.0. The van der Waals surface area contributed by atoms with Gasteiger partial charge in [-0.2, -0.15) is 0 Å². The van der Waals surface area contributed by atoms with Gasteiger partial charge in [0.15, 0.2) is 0 Å². The highest BCUT2D eigenvalue weighted by atomic mass is 16.3. The van der Waals surface area contributed by atoms with Crippen molar-refractivity contribution in [2.75, 3.05) is 6.54 Å². The van der Waals surface area contributed by atoms with Crippen LogP contribution in [0.5, 0.6) is 0 Å². The molecule has 1 unspecified atom stereocenters. The van der Waals surface area contributed by atoms with Gasteiger partial charge in [0, 0.05) is 17.7 Å². The monoisotopic (exact) mass is 357 g/mol. The number of carbonyl (C=O) groups excluding carboxylic acids is 1. The van der Waals surface area contributed by atoms with E-state index in [2.05, 4.69) is 5.32 Å². The number of furan rings is 1. The van der Waals surface area contributed by atoms with Crippen molar-refractivity contribution in [2.45, 2.75) is 6.10 Å². The Kier molecular flexibility index (Phi) is 4.73. The average Bonchev–Trinajstić information content (AvgIpc) is 3.26. The Bertz CT molecular complexity index is 1050. The van der Waals surface area contributed by atoms with Crippen molar-refractivity contribution < 1.29 is 14.3 Å². The molecule has 4 heteroatoms. The first kappa shape index (κ1) is 17.1. The SMILES string of the molecule is O=C(NCC(O)c1ccc(-c2ccco2)cc1)c1cccc2ccccc12. The van der Waals surface area contributed by atoms with Crippen molar-refractivity contribution in [1.29, 1.82) is 0 Å². The first-order chi connectivity index (χ1) is 13.2. The van der Waals surface area contributed by atoms with Crippen LogP contribution in [0.3, 0.4) is 0 Å². The van der Waals surface area contributed by atoms with Gasteiger partial charge >= 0.3 is 0 Å². The summed E-state index contributed by atoms with van der Waals surface area (Å²) >= 11 is 0. The zero-order chi connectivity index (χ0) is 18.6. The first-order valence-corrected chi connectivity index (χ1v) is 8.80. The minimum Gasteiger partial charge on any atom is -0.464 e. The lowest BCUT2D eigenvalue weighted by molar-refractivity contribution is 0.0918. The molecule has 0 aliphatic rings. The maximum Gasteiger partial charge on any atom is 0.252 e. The molecule has 27 heavy (non-hydrogen) atoms. The summed E-state index contributed by atoms with van der Waals surface area (Å²) in [6.45, 7) is 0.141. The van der Waals surface area contributed by atoms with Gasteiger partial charge in [0.1, 0.15) is 5.76 Å². The summed E-state index contributed by atoms with van der Waals surface area (Å²) in [7, 11) is 0. The zero-order valence-electron chi connectivity index (χ0n) is 14.6. The Morgan fingerprint density at radius 1 is 0.926 bits per heavy atom. The Morgan fingerprint density at radius 3 is 2.48 bits per heavy atom. The summed E-state index contributed by atoms with van der Waals surface area (Å²) in [4.78, 5) is 12.6. The molecule has 0 aliphatic carbocycles. The van der Waals surface area contributed by atoms with E-state index < -0.39 is 6.10 Å². The summed E-state index contributed by atoms with van der Waals surface area (Å²) < 4.78 is 5.36. The lowest BCUT2D eigenvalue weighted by Gasteiger charge is -2.13. The molecule has 4 aromatic rings. The van der Waals surface area contributed by atoms with Gasteiger partial charge in [0.2, 0.25) is 0 Å². The number of nitrogens with one attached hydrogen (secondary N) is 1. The molecule has 1 amide bonds. The van der Waals surface area contributed by atoms with E-state index >= 15 is 0 Å². The topological polar surface area (TPSA) is 62.5 Å². The highest BCUT2D eigenvalue weighted by Gasteiger charge is 2.13. The third-order valence-corrected chi connectivity index (χ3v) is 4.59. The molecule has 0 fully saturated rings. The molecule has 0 saturated heterocycles. The highest BCUT2D eigenvalue weighted by molar-refractivity contribution is 6.07. The summed E-state index contributed by atoms with van der Waals surface area (Å²) in [6.07, 6.45) is 0.843. The highest BCUT2D eigenvalue weighted by Crippen LogP contribution is 2.23. The summed E-state index contributed by atoms with van der Waals surface area (Å²) in [5.41, 5.74) is 2.28. The van der Waals surface area contributed by atoms with Gasteiger partial charge in [-0.25, -0.2) is 0 Å². The van der Waals surface area contributed by atoms with Gasteiger partial charge in [-0.05, 0) is 34.5 Å². The molecule has 0 saturated carbocycles. The van der Waals surface area contributed by atoms with Crippen LogP contribution in [0.15, 0.2) is 89.5 Å². The van der Waals surface area contributed by atoms with E-state index in [1.54, 1.807) is 12.3 Å². The molecule has 0 bridgehead atoms. The molecule has 3 aromatic carbocycles. The zero-order valence-corrected chi connectivity index (χ0v) is 14.6. The summed E-state index contributed by atoms with van der Waals surface area (Å²) in [5, 5.41) is 15.1. The molecule has 0 radical (unpaired) electrons. The maximum absolute atomic E-state index is 12.6. The smallest absolute Gasteiger partial charge is 0.252 e. The molecule has 4 nitrogen and oxygen atoms in total. The van der Waals surface area contributed by atoms with Crippen LogP contribution in [-0.2, 0) is 0 Å². The van der Waals surface area contributed by atoms with Crippen molar-refractivity contribution in [3.05, 3.63) is 96.3 Å². The van der Waals surface area contributed by atoms with Gasteiger partial charge in [0.25, 0.3) is 5.91 Å². The summed E-state index contributed by atoms with van der Waals surface area (Å²) in [5.74, 6) is 0.582. The fraction of sp³-hybridized carbons (Fsp3) is 0.0870. The Balaban J connectivity index is 1.44. The Morgan fingerprint density at radius 2 is 1.70 bits per heavy atom. The van der Waals surface area contributed by atoms with Crippen LogP contribution in [0, 0.1) is 0 Å². The molecule has 4 rings (SSSR count). The number of benzene rings is 3. The van der Waals surface area contributed by atoms with E-state index in [0.717, 1.165) is 27.7 Å². The van der Waals surface area contributed by atoms with Crippen LogP contribution < -0.4 is 5.32 Å². The number of hydrogen-bond donors (Lipinski definition) is 2. The van der Waals surface area contributed by atoms with E-state index in [1.807, 2.05) is 72.8 Å². The van der Waals surface area contributed by atoms with Crippen LogP contribution in [0.1, 0.15) is 22.0 Å². The molecule has 0 aliphatic heterocycles. The van der Waals surface area contributed by atoms with Gasteiger partial charge in [-0.3, -0.25) is 4.79 Å². The van der Waals surface area contributed by atoms with Crippen LogP contribution in [0.25, 0.3) is 22.1 Å². The van der Waals surface area contributed by atoms with Crippen LogP contribution in [0.2, 0.25) is 0 Å². The van der Waals surface area contributed by atoms with Crippen LogP contribution in [-0.4, -0.2) is 17.6 Å². The standard InChI is InChI=1S/C23H19NO3/c25-21(17-10-12-18(13-11-17)22-9-4-14-27-22)15-24-23(26)20-8-3-6-16-5-1-2-7-19(16)20/h1-14,21,25H,15H2,(H,24,26). The molecule has 0 spiro atoms. The number of hydrogen-bond acceptors (Lipinski definition) is 3. The average molecular weight is 357 g/mol. The van der Waals surface area contributed by atoms with E-state index in [-0.39, 0.29) is 12.5 Å². The van der Waals surface area contributed by atoms with E-state index in [9.17, 15) is 9.90 Å². The maximum atomic E-state index is 12.6. The number of amides is 1.